The fraction of sp³-hybridized carbons (Fsp3) is 0.421. The second-order valence-corrected chi connectivity index (χ2v) is 7.43. The number of benzene rings is 1. The highest BCUT2D eigenvalue weighted by molar-refractivity contribution is 14.0. The van der Waals surface area contributed by atoms with Crippen LogP contribution in [0, 0.1) is 0 Å². The molecule has 8 nitrogen and oxygen atoms in total. The van der Waals surface area contributed by atoms with Crippen LogP contribution in [0.3, 0.4) is 0 Å². The van der Waals surface area contributed by atoms with Crippen LogP contribution >= 0.6 is 47.2 Å². The summed E-state index contributed by atoms with van der Waals surface area (Å²) in [5.41, 5.74) is 1.42. The molecule has 0 bridgehead atoms. The van der Waals surface area contributed by atoms with Crippen molar-refractivity contribution in [1.82, 2.24) is 25.6 Å². The van der Waals surface area contributed by atoms with E-state index in [9.17, 15) is 4.79 Å². The lowest BCUT2D eigenvalue weighted by atomic mass is 10.2. The maximum absolute atomic E-state index is 12.2. The summed E-state index contributed by atoms with van der Waals surface area (Å²) < 4.78 is 4.89. The molecule has 0 aliphatic carbocycles. The van der Waals surface area contributed by atoms with Gasteiger partial charge in [0.05, 0.1) is 15.7 Å². The average Bonchev–Trinajstić information content (AvgIpc) is 3.24. The van der Waals surface area contributed by atoms with E-state index in [1.54, 1.807) is 31.5 Å². The van der Waals surface area contributed by atoms with Crippen LogP contribution in [-0.2, 0) is 6.54 Å². The predicted molar refractivity (Wildman–Crippen MR) is 129 cm³/mol. The summed E-state index contributed by atoms with van der Waals surface area (Å²) in [6.07, 6.45) is 1.59. The number of rotatable bonds is 6. The lowest BCUT2D eigenvalue weighted by Gasteiger charge is -2.36. The van der Waals surface area contributed by atoms with Crippen molar-refractivity contribution >= 4 is 59.0 Å². The lowest BCUT2D eigenvalue weighted by Crippen LogP contribution is -2.53. The molecule has 3 rings (SSSR count). The Labute approximate surface area is 203 Å². The van der Waals surface area contributed by atoms with E-state index in [4.69, 9.17) is 27.7 Å². The molecule has 1 aliphatic heterocycles. The molecule has 0 saturated carbocycles. The quantitative estimate of drug-likeness (QED) is 0.242. The normalized spacial score (nSPS) is 14.9. The molecule has 1 aromatic carbocycles. The van der Waals surface area contributed by atoms with Crippen molar-refractivity contribution in [1.29, 1.82) is 0 Å². The first-order valence-corrected chi connectivity index (χ1v) is 10.1. The van der Waals surface area contributed by atoms with E-state index in [1.165, 1.54) is 0 Å². The highest BCUT2D eigenvalue weighted by Crippen LogP contribution is 2.22. The zero-order chi connectivity index (χ0) is 20.6. The molecule has 164 valence electrons. The number of aromatic nitrogens is 1. The van der Waals surface area contributed by atoms with Crippen molar-refractivity contribution in [3.8, 4) is 0 Å². The van der Waals surface area contributed by atoms with E-state index in [0.29, 0.717) is 28.7 Å². The Kier molecular flexibility index (Phi) is 10.2. The van der Waals surface area contributed by atoms with Gasteiger partial charge in [0.15, 0.2) is 5.96 Å². The van der Waals surface area contributed by atoms with Gasteiger partial charge in [0, 0.05) is 64.5 Å². The molecule has 1 fully saturated rings. The topological polar surface area (TPSA) is 86.0 Å². The van der Waals surface area contributed by atoms with Crippen molar-refractivity contribution in [3.63, 3.8) is 0 Å². The van der Waals surface area contributed by atoms with Crippen molar-refractivity contribution in [3.05, 3.63) is 51.8 Å². The van der Waals surface area contributed by atoms with E-state index in [1.807, 2.05) is 6.07 Å². The third kappa shape index (κ3) is 7.00. The second kappa shape index (κ2) is 12.3. The van der Waals surface area contributed by atoms with Gasteiger partial charge in [-0.15, -0.1) is 24.0 Å². The number of nitrogens with zero attached hydrogens (tertiary/aromatic N) is 4. The van der Waals surface area contributed by atoms with Crippen LogP contribution in [0.15, 0.2) is 40.0 Å². The molecule has 1 aromatic heterocycles. The van der Waals surface area contributed by atoms with Gasteiger partial charge in [-0.1, -0.05) is 28.4 Å². The van der Waals surface area contributed by atoms with E-state index < -0.39 is 0 Å². The number of carbonyl (C=O) groups excluding carboxylic acids is 1. The molecule has 0 spiro atoms. The average molecular weight is 567 g/mol. The number of hydrogen-bond donors (Lipinski definition) is 2. The van der Waals surface area contributed by atoms with Gasteiger partial charge >= 0.3 is 0 Å². The van der Waals surface area contributed by atoms with Gasteiger partial charge in [-0.25, -0.2) is 0 Å². The third-order valence-corrected chi connectivity index (χ3v) is 5.37. The van der Waals surface area contributed by atoms with Gasteiger partial charge in [0.25, 0.3) is 5.91 Å². The molecule has 1 amide bonds. The van der Waals surface area contributed by atoms with E-state index >= 15 is 0 Å². The van der Waals surface area contributed by atoms with E-state index in [0.717, 1.165) is 44.4 Å². The summed E-state index contributed by atoms with van der Waals surface area (Å²) in [6.45, 7) is 5.39. The maximum atomic E-state index is 12.2. The number of hydrogen-bond acceptors (Lipinski definition) is 5. The molecule has 2 N–H and O–H groups in total. The van der Waals surface area contributed by atoms with Gasteiger partial charge < -0.3 is 20.1 Å². The Morgan fingerprint density at radius 1 is 1.13 bits per heavy atom. The maximum Gasteiger partial charge on any atom is 0.251 e. The lowest BCUT2D eigenvalue weighted by molar-refractivity contribution is 0.0954. The fourth-order valence-electron chi connectivity index (χ4n) is 3.09. The standard InChI is InChI=1S/C19H24Cl2N6O2.HI/c1-22-19(27-9-7-26(8-10-27)13-15-4-11-29-25-15)24-6-5-23-18(28)14-2-3-16(20)17(21)12-14;/h2-4,11-12H,5-10,13H2,1H3,(H,22,24)(H,23,28);1H. The second-order valence-electron chi connectivity index (χ2n) is 6.61. The minimum atomic E-state index is -0.193. The number of aliphatic imine (C=N–C) groups is 1. The smallest absolute Gasteiger partial charge is 0.251 e. The van der Waals surface area contributed by atoms with Crippen LogP contribution in [0.2, 0.25) is 10.0 Å². The minimum absolute atomic E-state index is 0. The summed E-state index contributed by atoms with van der Waals surface area (Å²) in [7, 11) is 1.76. The Bertz CT molecular complexity index is 842. The summed E-state index contributed by atoms with van der Waals surface area (Å²) in [4.78, 5) is 21.1. The van der Waals surface area contributed by atoms with Crippen LogP contribution in [0.25, 0.3) is 0 Å². The van der Waals surface area contributed by atoms with Gasteiger partial charge in [0.2, 0.25) is 0 Å². The van der Waals surface area contributed by atoms with Crippen molar-refractivity contribution in [2.45, 2.75) is 6.54 Å². The molecule has 30 heavy (non-hydrogen) atoms. The number of piperazine rings is 1. The van der Waals surface area contributed by atoms with Crippen molar-refractivity contribution in [2.24, 2.45) is 4.99 Å². The molecule has 1 saturated heterocycles. The first-order chi connectivity index (χ1) is 14.1. The molecular weight excluding hydrogens is 542 g/mol. The predicted octanol–water partition coefficient (Wildman–Crippen LogP) is 2.72. The van der Waals surface area contributed by atoms with Crippen LogP contribution in [0.5, 0.6) is 0 Å². The van der Waals surface area contributed by atoms with Crippen molar-refractivity contribution < 1.29 is 9.32 Å². The Morgan fingerprint density at radius 3 is 2.50 bits per heavy atom. The Balaban J connectivity index is 0.00000320. The molecule has 1 aliphatic rings. The summed E-state index contributed by atoms with van der Waals surface area (Å²) in [5.74, 6) is 0.636. The van der Waals surface area contributed by atoms with Gasteiger partial charge in [-0.2, -0.15) is 0 Å². The van der Waals surface area contributed by atoms with Crippen LogP contribution in [0.1, 0.15) is 16.1 Å². The van der Waals surface area contributed by atoms with E-state index in [-0.39, 0.29) is 29.9 Å². The molecular formula is C19H25Cl2IN6O2. The number of nitrogens with one attached hydrogen (secondary N) is 2. The van der Waals surface area contributed by atoms with Crippen LogP contribution < -0.4 is 10.6 Å². The summed E-state index contributed by atoms with van der Waals surface area (Å²) in [5, 5.41) is 10.9. The molecule has 0 atom stereocenters. The fourth-order valence-corrected chi connectivity index (χ4v) is 3.39. The molecule has 2 heterocycles. The Morgan fingerprint density at radius 2 is 1.87 bits per heavy atom. The number of carbonyl (C=O) groups is 1. The first-order valence-electron chi connectivity index (χ1n) is 9.37. The molecule has 2 aromatic rings. The Hall–Kier alpha value is -1.56. The number of halogens is 3. The van der Waals surface area contributed by atoms with Gasteiger partial charge in [-0.3, -0.25) is 14.7 Å². The summed E-state index contributed by atoms with van der Waals surface area (Å²) in [6, 6.07) is 6.71. The largest absolute Gasteiger partial charge is 0.364 e. The van der Waals surface area contributed by atoms with Crippen LogP contribution in [0.4, 0.5) is 0 Å². The molecule has 11 heteroatoms. The highest BCUT2D eigenvalue weighted by Gasteiger charge is 2.20. The van der Waals surface area contributed by atoms with Gasteiger partial charge in [-0.05, 0) is 18.2 Å². The van der Waals surface area contributed by atoms with Crippen molar-refractivity contribution in [2.75, 3.05) is 46.3 Å². The third-order valence-electron chi connectivity index (χ3n) is 4.64. The minimum Gasteiger partial charge on any atom is -0.364 e. The highest BCUT2D eigenvalue weighted by atomic mass is 127. The first kappa shape index (κ1) is 24.7. The summed E-state index contributed by atoms with van der Waals surface area (Å²) >= 11 is 11.8. The molecule has 0 radical (unpaired) electrons. The van der Waals surface area contributed by atoms with Gasteiger partial charge in [0.1, 0.15) is 6.26 Å². The molecule has 0 unspecified atom stereocenters. The zero-order valence-corrected chi connectivity index (χ0v) is 20.4. The number of amides is 1. The monoisotopic (exact) mass is 566 g/mol. The van der Waals surface area contributed by atoms with Crippen LogP contribution in [-0.4, -0.2) is 73.1 Å². The SMILES string of the molecule is CN=C(NCCNC(=O)c1ccc(Cl)c(Cl)c1)N1CCN(Cc2ccon2)CC1.I. The van der Waals surface area contributed by atoms with E-state index in [2.05, 4.69) is 30.6 Å². The zero-order valence-electron chi connectivity index (χ0n) is 16.6. The number of guanidine groups is 1.